The number of carbonyl (C=O) groups is 3. The molecule has 5 nitrogen and oxygen atoms in total. The number of imide groups is 1. The Hall–Kier alpha value is -1.65. The number of amides is 2. The first-order valence-electron chi connectivity index (χ1n) is 7.86. The lowest BCUT2D eigenvalue weighted by molar-refractivity contribution is -0.149. The Morgan fingerprint density at radius 1 is 1.05 bits per heavy atom. The highest BCUT2D eigenvalue weighted by molar-refractivity contribution is 6.06. The average Bonchev–Trinajstić information content (AvgIpc) is 3.13. The minimum absolute atomic E-state index is 0.0436. The van der Waals surface area contributed by atoms with Crippen LogP contribution in [0.4, 0.5) is 0 Å². The minimum atomic E-state index is -0.805. The molecule has 6 atom stereocenters. The van der Waals surface area contributed by atoms with Crippen molar-refractivity contribution < 1.29 is 19.5 Å². The van der Waals surface area contributed by atoms with E-state index in [4.69, 9.17) is 0 Å². The maximum atomic E-state index is 12.7. The van der Waals surface area contributed by atoms with Gasteiger partial charge in [-0.15, -0.1) is 0 Å². The Balaban J connectivity index is 1.58. The van der Waals surface area contributed by atoms with Crippen LogP contribution in [-0.2, 0) is 14.4 Å². The number of hydrogen-bond acceptors (Lipinski definition) is 3. The number of likely N-dealkylation sites (tertiary alicyclic amines) is 1. The summed E-state index contributed by atoms with van der Waals surface area (Å²) in [5, 5.41) is 9.19. The Labute approximate surface area is 123 Å². The molecule has 1 heterocycles. The van der Waals surface area contributed by atoms with E-state index in [1.54, 1.807) is 0 Å². The van der Waals surface area contributed by atoms with Gasteiger partial charge in [0.25, 0.3) is 0 Å². The van der Waals surface area contributed by atoms with Gasteiger partial charge in [0, 0.05) is 6.04 Å². The molecular formula is C16H19NO4. The second-order valence-corrected chi connectivity index (χ2v) is 6.90. The summed E-state index contributed by atoms with van der Waals surface area (Å²) in [6.45, 7) is 0. The van der Waals surface area contributed by atoms with E-state index in [0.29, 0.717) is 12.8 Å². The van der Waals surface area contributed by atoms with E-state index in [1.165, 1.54) is 4.90 Å². The lowest BCUT2D eigenvalue weighted by Crippen LogP contribution is -2.45. The second kappa shape index (κ2) is 4.42. The second-order valence-electron chi connectivity index (χ2n) is 6.90. The first kappa shape index (κ1) is 13.0. The highest BCUT2D eigenvalue weighted by atomic mass is 16.4. The van der Waals surface area contributed by atoms with Gasteiger partial charge < -0.3 is 5.11 Å². The zero-order chi connectivity index (χ0) is 14.7. The van der Waals surface area contributed by atoms with E-state index in [1.807, 2.05) is 0 Å². The molecular weight excluding hydrogens is 270 g/mol. The van der Waals surface area contributed by atoms with Crippen LogP contribution in [0.3, 0.4) is 0 Å². The zero-order valence-corrected chi connectivity index (χ0v) is 11.8. The molecule has 0 aromatic heterocycles. The fraction of sp³-hybridized carbons (Fsp3) is 0.688. The monoisotopic (exact) mass is 289 g/mol. The fourth-order valence-electron chi connectivity index (χ4n) is 4.91. The van der Waals surface area contributed by atoms with Crippen molar-refractivity contribution in [2.75, 3.05) is 0 Å². The number of aliphatic carboxylic acids is 1. The third-order valence-corrected chi connectivity index (χ3v) is 5.87. The number of carboxylic acid groups (broad SMARTS) is 1. The lowest BCUT2D eigenvalue weighted by atomic mass is 9.85. The maximum Gasteiger partial charge on any atom is 0.306 e. The molecule has 6 unspecified atom stereocenters. The normalized spacial score (nSPS) is 44.5. The number of fused-ring (bicyclic) bond motifs is 5. The van der Waals surface area contributed by atoms with Crippen molar-refractivity contribution in [2.45, 2.75) is 38.1 Å². The van der Waals surface area contributed by atoms with Gasteiger partial charge in [-0.25, -0.2) is 0 Å². The highest BCUT2D eigenvalue weighted by Gasteiger charge is 2.60. The Bertz CT molecular complexity index is 524. The van der Waals surface area contributed by atoms with E-state index in [9.17, 15) is 19.5 Å². The van der Waals surface area contributed by atoms with E-state index in [0.717, 1.165) is 19.3 Å². The molecule has 3 aliphatic carbocycles. The van der Waals surface area contributed by atoms with Crippen molar-refractivity contribution in [1.29, 1.82) is 0 Å². The molecule has 2 amide bonds. The molecule has 5 heteroatoms. The van der Waals surface area contributed by atoms with Crippen LogP contribution in [0.25, 0.3) is 0 Å². The molecule has 1 saturated heterocycles. The van der Waals surface area contributed by atoms with Gasteiger partial charge in [-0.3, -0.25) is 19.3 Å². The van der Waals surface area contributed by atoms with E-state index in [2.05, 4.69) is 12.2 Å². The molecule has 1 N–H and O–H groups in total. The summed E-state index contributed by atoms with van der Waals surface area (Å²) >= 11 is 0. The zero-order valence-electron chi connectivity index (χ0n) is 11.8. The number of allylic oxidation sites excluding steroid dienone is 2. The van der Waals surface area contributed by atoms with Gasteiger partial charge >= 0.3 is 5.97 Å². The largest absolute Gasteiger partial charge is 0.481 e. The lowest BCUT2D eigenvalue weighted by Gasteiger charge is -2.33. The van der Waals surface area contributed by atoms with Gasteiger partial charge in [0.1, 0.15) is 0 Å². The molecule has 2 bridgehead atoms. The van der Waals surface area contributed by atoms with Crippen LogP contribution in [0.1, 0.15) is 32.1 Å². The van der Waals surface area contributed by atoms with Crippen molar-refractivity contribution in [1.82, 2.24) is 4.90 Å². The molecule has 3 fully saturated rings. The van der Waals surface area contributed by atoms with E-state index < -0.39 is 11.9 Å². The third kappa shape index (κ3) is 1.72. The van der Waals surface area contributed by atoms with Gasteiger partial charge in [0.05, 0.1) is 17.8 Å². The number of nitrogens with zero attached hydrogens (tertiary/aromatic N) is 1. The van der Waals surface area contributed by atoms with E-state index >= 15 is 0 Å². The Morgan fingerprint density at radius 2 is 1.67 bits per heavy atom. The van der Waals surface area contributed by atoms with Crippen LogP contribution < -0.4 is 0 Å². The Kier molecular flexibility index (Phi) is 2.75. The van der Waals surface area contributed by atoms with Gasteiger partial charge in [0.2, 0.25) is 11.8 Å². The van der Waals surface area contributed by atoms with Crippen LogP contribution in [0.15, 0.2) is 12.2 Å². The minimum Gasteiger partial charge on any atom is -0.481 e. The summed E-state index contributed by atoms with van der Waals surface area (Å²) in [5.74, 6) is -1.20. The van der Waals surface area contributed by atoms with Crippen molar-refractivity contribution in [2.24, 2.45) is 29.6 Å². The summed E-state index contributed by atoms with van der Waals surface area (Å²) < 4.78 is 0. The van der Waals surface area contributed by atoms with Crippen LogP contribution in [0, 0.1) is 29.6 Å². The molecule has 1 aliphatic heterocycles. The van der Waals surface area contributed by atoms with Crippen molar-refractivity contribution in [3.63, 3.8) is 0 Å². The van der Waals surface area contributed by atoms with Crippen LogP contribution in [0.2, 0.25) is 0 Å². The third-order valence-electron chi connectivity index (χ3n) is 5.87. The summed E-state index contributed by atoms with van der Waals surface area (Å²) in [6, 6.07) is -0.204. The van der Waals surface area contributed by atoms with Gasteiger partial charge in [-0.1, -0.05) is 18.6 Å². The number of carboxylic acids is 1. The predicted molar refractivity (Wildman–Crippen MR) is 73.0 cm³/mol. The first-order chi connectivity index (χ1) is 10.1. The summed E-state index contributed by atoms with van der Waals surface area (Å²) in [5.41, 5.74) is 0. The van der Waals surface area contributed by atoms with Gasteiger partial charge in [-0.05, 0) is 37.5 Å². The van der Waals surface area contributed by atoms with Crippen LogP contribution >= 0.6 is 0 Å². The smallest absolute Gasteiger partial charge is 0.306 e. The molecule has 0 aromatic rings. The van der Waals surface area contributed by atoms with Gasteiger partial charge in [0.15, 0.2) is 0 Å². The van der Waals surface area contributed by atoms with Gasteiger partial charge in [-0.2, -0.15) is 0 Å². The average molecular weight is 289 g/mol. The molecule has 112 valence electrons. The summed E-state index contributed by atoms with van der Waals surface area (Å²) in [6.07, 6.45) is 7.71. The van der Waals surface area contributed by atoms with Crippen molar-refractivity contribution in [3.05, 3.63) is 12.2 Å². The molecule has 4 aliphatic rings. The SMILES string of the molecule is O=C(O)C1CCCC(N2C(=O)C3C4C=CC(C4)C3C2=O)C1. The molecule has 21 heavy (non-hydrogen) atoms. The topological polar surface area (TPSA) is 74.7 Å². The maximum absolute atomic E-state index is 12.7. The molecule has 0 spiro atoms. The summed E-state index contributed by atoms with van der Waals surface area (Å²) in [7, 11) is 0. The standard InChI is InChI=1S/C16H19NO4/c18-14-12-8-4-5-9(6-8)13(12)15(19)17(14)11-3-1-2-10(7-11)16(20)21/h4-5,8-13H,1-3,6-7H2,(H,20,21). The molecule has 2 saturated carbocycles. The van der Waals surface area contributed by atoms with Crippen LogP contribution in [0.5, 0.6) is 0 Å². The van der Waals surface area contributed by atoms with Crippen molar-refractivity contribution in [3.8, 4) is 0 Å². The van der Waals surface area contributed by atoms with E-state index in [-0.39, 0.29) is 41.5 Å². The summed E-state index contributed by atoms with van der Waals surface area (Å²) in [4.78, 5) is 38.0. The van der Waals surface area contributed by atoms with Crippen LogP contribution in [-0.4, -0.2) is 33.8 Å². The highest BCUT2D eigenvalue weighted by Crippen LogP contribution is 2.53. The number of hydrogen-bond donors (Lipinski definition) is 1. The quantitative estimate of drug-likeness (QED) is 0.616. The predicted octanol–water partition coefficient (Wildman–Crippen LogP) is 1.44. The molecule has 0 radical (unpaired) electrons. The molecule has 4 rings (SSSR count). The number of rotatable bonds is 2. The molecule has 0 aromatic carbocycles. The Morgan fingerprint density at radius 3 is 2.24 bits per heavy atom. The number of carbonyl (C=O) groups excluding carboxylic acids is 2. The van der Waals surface area contributed by atoms with Crippen molar-refractivity contribution >= 4 is 17.8 Å². The fourth-order valence-corrected chi connectivity index (χ4v) is 4.91. The first-order valence-corrected chi connectivity index (χ1v) is 7.86.